The molecule has 0 unspecified atom stereocenters. The van der Waals surface area contributed by atoms with Gasteiger partial charge in [0, 0.05) is 20.2 Å². The average Bonchev–Trinajstić information content (AvgIpc) is 2.61. The Morgan fingerprint density at radius 3 is 2.94 bits per heavy atom. The van der Waals surface area contributed by atoms with Gasteiger partial charge in [-0.05, 0) is 27.1 Å². The van der Waals surface area contributed by atoms with Crippen molar-refractivity contribution in [2.75, 3.05) is 52.0 Å². The lowest BCUT2D eigenvalue weighted by Gasteiger charge is -2.12. The Balaban J connectivity index is 2.47. The van der Waals surface area contributed by atoms with E-state index in [9.17, 15) is 0 Å². The summed E-state index contributed by atoms with van der Waals surface area (Å²) in [4.78, 5) is 2.16. The van der Waals surface area contributed by atoms with Crippen molar-refractivity contribution in [1.82, 2.24) is 14.7 Å². The lowest BCUT2D eigenvalue weighted by molar-refractivity contribution is 0.210. The van der Waals surface area contributed by atoms with Crippen LogP contribution in [0, 0.1) is 0 Å². The molecule has 0 aliphatic carbocycles. The van der Waals surface area contributed by atoms with Crippen LogP contribution in [0.5, 0.6) is 0 Å². The maximum Gasteiger partial charge on any atom is 0.147 e. The first kappa shape index (κ1) is 13.8. The highest BCUT2D eigenvalue weighted by molar-refractivity contribution is 5.60. The highest BCUT2D eigenvalue weighted by atomic mass is 16.5. The first-order chi connectivity index (χ1) is 8.15. The van der Waals surface area contributed by atoms with E-state index < -0.39 is 0 Å². The Morgan fingerprint density at radius 2 is 2.29 bits per heavy atom. The van der Waals surface area contributed by atoms with E-state index in [4.69, 9.17) is 10.5 Å². The molecule has 3 N–H and O–H groups in total. The van der Waals surface area contributed by atoms with Gasteiger partial charge in [0.25, 0.3) is 0 Å². The van der Waals surface area contributed by atoms with Crippen molar-refractivity contribution in [2.45, 2.75) is 13.0 Å². The normalized spacial score (nSPS) is 11.1. The van der Waals surface area contributed by atoms with Gasteiger partial charge in [0.2, 0.25) is 0 Å². The number of nitrogen functional groups attached to an aromatic ring is 1. The molecule has 0 fully saturated rings. The van der Waals surface area contributed by atoms with E-state index in [0.717, 1.165) is 31.9 Å². The van der Waals surface area contributed by atoms with Gasteiger partial charge in [-0.15, -0.1) is 0 Å². The highest BCUT2D eigenvalue weighted by Crippen LogP contribution is 2.17. The Hall–Kier alpha value is -1.27. The van der Waals surface area contributed by atoms with Crippen molar-refractivity contribution in [3.05, 3.63) is 6.20 Å². The molecule has 17 heavy (non-hydrogen) atoms. The first-order valence-corrected chi connectivity index (χ1v) is 5.84. The summed E-state index contributed by atoms with van der Waals surface area (Å²) < 4.78 is 6.90. The van der Waals surface area contributed by atoms with Gasteiger partial charge in [0.05, 0.1) is 18.5 Å². The fourth-order valence-corrected chi connectivity index (χ4v) is 1.57. The van der Waals surface area contributed by atoms with Gasteiger partial charge in [-0.3, -0.25) is 0 Å². The van der Waals surface area contributed by atoms with Crippen LogP contribution in [0.15, 0.2) is 6.20 Å². The summed E-state index contributed by atoms with van der Waals surface area (Å²) in [6.07, 6.45) is 2.73. The second-order valence-electron chi connectivity index (χ2n) is 4.25. The molecule has 0 aliphatic rings. The van der Waals surface area contributed by atoms with E-state index in [1.165, 1.54) is 0 Å². The zero-order valence-corrected chi connectivity index (χ0v) is 10.9. The fourth-order valence-electron chi connectivity index (χ4n) is 1.57. The van der Waals surface area contributed by atoms with Gasteiger partial charge in [-0.25, -0.2) is 4.68 Å². The zero-order chi connectivity index (χ0) is 12.7. The number of ether oxygens (including phenoxy) is 1. The molecule has 1 aromatic rings. The molecule has 0 aliphatic heterocycles. The maximum atomic E-state index is 5.86. The number of nitrogens with two attached hydrogens (primary N) is 1. The van der Waals surface area contributed by atoms with Gasteiger partial charge in [-0.2, -0.15) is 5.10 Å². The number of anilines is 2. The molecule has 6 heteroatoms. The summed E-state index contributed by atoms with van der Waals surface area (Å²) in [5, 5.41) is 7.50. The predicted molar refractivity (Wildman–Crippen MR) is 70.2 cm³/mol. The number of nitrogens with one attached hydrogen (secondary N) is 1. The summed E-state index contributed by atoms with van der Waals surface area (Å²) in [7, 11) is 5.81. The lowest BCUT2D eigenvalue weighted by Crippen LogP contribution is -2.17. The molecule has 0 saturated heterocycles. The number of aryl methyl sites for hydroxylation is 1. The molecule has 0 bridgehead atoms. The van der Waals surface area contributed by atoms with E-state index in [1.807, 2.05) is 4.68 Å². The average molecular weight is 241 g/mol. The van der Waals surface area contributed by atoms with Crippen LogP contribution < -0.4 is 11.1 Å². The molecule has 0 spiro atoms. The van der Waals surface area contributed by atoms with Crippen molar-refractivity contribution >= 4 is 11.5 Å². The van der Waals surface area contributed by atoms with Crippen LogP contribution in [0.3, 0.4) is 0 Å². The summed E-state index contributed by atoms with van der Waals surface area (Å²) in [5.74, 6) is 0.890. The Labute approximate surface area is 103 Å². The number of hydrogen-bond donors (Lipinski definition) is 2. The molecule has 1 aromatic heterocycles. The highest BCUT2D eigenvalue weighted by Gasteiger charge is 2.07. The van der Waals surface area contributed by atoms with Crippen molar-refractivity contribution in [3.8, 4) is 0 Å². The minimum atomic E-state index is 0.655. The Bertz CT molecular complexity index is 324. The van der Waals surface area contributed by atoms with Crippen LogP contribution in [0.1, 0.15) is 6.42 Å². The topological polar surface area (TPSA) is 68.3 Å². The molecular formula is C11H23N5O. The third kappa shape index (κ3) is 4.62. The molecule has 0 radical (unpaired) electrons. The number of aromatic nitrogens is 2. The predicted octanol–water partition coefficient (Wildman–Crippen LogP) is 0.475. The second-order valence-corrected chi connectivity index (χ2v) is 4.25. The van der Waals surface area contributed by atoms with Crippen molar-refractivity contribution in [1.29, 1.82) is 0 Å². The Morgan fingerprint density at radius 1 is 1.53 bits per heavy atom. The molecule has 1 rings (SSSR count). The zero-order valence-electron chi connectivity index (χ0n) is 10.9. The van der Waals surface area contributed by atoms with Crippen LogP contribution in [-0.2, 0) is 11.3 Å². The van der Waals surface area contributed by atoms with E-state index in [0.29, 0.717) is 12.3 Å². The first-order valence-electron chi connectivity index (χ1n) is 5.84. The smallest absolute Gasteiger partial charge is 0.147 e. The second kappa shape index (κ2) is 7.13. The van der Waals surface area contributed by atoms with Crippen molar-refractivity contribution in [2.24, 2.45) is 0 Å². The van der Waals surface area contributed by atoms with E-state index in [2.05, 4.69) is 29.4 Å². The van der Waals surface area contributed by atoms with E-state index in [-0.39, 0.29) is 0 Å². The molecule has 1 heterocycles. The van der Waals surface area contributed by atoms with Crippen molar-refractivity contribution in [3.63, 3.8) is 0 Å². The third-order valence-corrected chi connectivity index (χ3v) is 2.44. The largest absolute Gasteiger partial charge is 0.394 e. The summed E-state index contributed by atoms with van der Waals surface area (Å²) in [6.45, 7) is 3.30. The minimum absolute atomic E-state index is 0.655. The third-order valence-electron chi connectivity index (χ3n) is 2.44. The lowest BCUT2D eigenvalue weighted by atomic mass is 10.4. The van der Waals surface area contributed by atoms with Gasteiger partial charge in [0.15, 0.2) is 0 Å². The molecule has 0 saturated carbocycles. The monoisotopic (exact) mass is 241 g/mol. The summed E-state index contributed by atoms with van der Waals surface area (Å²) in [6, 6.07) is 0. The SMILES string of the molecule is COCCNc1c(N)cnn1CCCN(C)C. The van der Waals surface area contributed by atoms with E-state index >= 15 is 0 Å². The maximum absolute atomic E-state index is 5.86. The van der Waals surface area contributed by atoms with Crippen LogP contribution in [0.2, 0.25) is 0 Å². The van der Waals surface area contributed by atoms with Gasteiger partial charge >= 0.3 is 0 Å². The van der Waals surface area contributed by atoms with Gasteiger partial charge < -0.3 is 20.7 Å². The number of methoxy groups -OCH3 is 1. The minimum Gasteiger partial charge on any atom is -0.394 e. The molecule has 0 atom stereocenters. The fraction of sp³-hybridized carbons (Fsp3) is 0.727. The van der Waals surface area contributed by atoms with Gasteiger partial charge in [0.1, 0.15) is 5.82 Å². The van der Waals surface area contributed by atoms with Crippen LogP contribution in [0.25, 0.3) is 0 Å². The van der Waals surface area contributed by atoms with Crippen LogP contribution in [-0.4, -0.2) is 55.6 Å². The summed E-state index contributed by atoms with van der Waals surface area (Å²) >= 11 is 0. The molecule has 0 amide bonds. The molecule has 0 aromatic carbocycles. The quantitative estimate of drug-likeness (QED) is 0.648. The summed E-state index contributed by atoms with van der Waals surface area (Å²) in [5.41, 5.74) is 6.54. The van der Waals surface area contributed by atoms with Crippen LogP contribution >= 0.6 is 0 Å². The van der Waals surface area contributed by atoms with Crippen LogP contribution in [0.4, 0.5) is 11.5 Å². The van der Waals surface area contributed by atoms with Gasteiger partial charge in [-0.1, -0.05) is 0 Å². The molecule has 98 valence electrons. The molecule has 6 nitrogen and oxygen atoms in total. The van der Waals surface area contributed by atoms with Crippen molar-refractivity contribution < 1.29 is 4.74 Å². The number of hydrogen-bond acceptors (Lipinski definition) is 5. The standard InChI is InChI=1S/C11H23N5O/c1-15(2)6-4-7-16-11(10(12)9-14-16)13-5-8-17-3/h9,13H,4-8,12H2,1-3H3. The molecular weight excluding hydrogens is 218 g/mol. The number of nitrogens with zero attached hydrogens (tertiary/aromatic N) is 3. The Kier molecular flexibility index (Phi) is 5.79. The van der Waals surface area contributed by atoms with E-state index in [1.54, 1.807) is 13.3 Å². The number of rotatable bonds is 8.